The standard InChI is InChI=1S/C58H40N2/c1-3-11-40(12-4-1)41-22-28-49(29-23-41)59(56-34-27-45-37-47-16-10-14-43-13-9-15-46(58(43)47)35-39-21-32-53(56)54(45)36-39)50-30-24-42(25-31-50)44-26-33-52-51-19-7-8-20-55(51)60(57(52)38-44)48-17-5-2-6-18-48/h1-34,36,38H,35,37H2. The van der Waals surface area contributed by atoms with Crippen molar-refractivity contribution in [2.45, 2.75) is 12.8 Å². The number of anilines is 3. The summed E-state index contributed by atoms with van der Waals surface area (Å²) in [7, 11) is 0. The van der Waals surface area contributed by atoms with Gasteiger partial charge in [-0.3, -0.25) is 0 Å². The lowest BCUT2D eigenvalue weighted by atomic mass is 9.93. The molecule has 0 radical (unpaired) electrons. The minimum absolute atomic E-state index is 0.891. The topological polar surface area (TPSA) is 8.17 Å². The van der Waals surface area contributed by atoms with Crippen LogP contribution < -0.4 is 4.90 Å². The van der Waals surface area contributed by atoms with Crippen molar-refractivity contribution in [3.05, 3.63) is 241 Å². The van der Waals surface area contributed by atoms with Gasteiger partial charge in [0.2, 0.25) is 0 Å². The summed E-state index contributed by atoms with van der Waals surface area (Å²) in [5.41, 5.74) is 17.3. The molecule has 10 aromatic carbocycles. The van der Waals surface area contributed by atoms with Gasteiger partial charge >= 0.3 is 0 Å². The first-order valence-corrected chi connectivity index (χ1v) is 20.9. The van der Waals surface area contributed by atoms with Gasteiger partial charge < -0.3 is 9.47 Å². The van der Waals surface area contributed by atoms with Gasteiger partial charge in [0.25, 0.3) is 0 Å². The van der Waals surface area contributed by atoms with Crippen molar-refractivity contribution in [3.8, 4) is 27.9 Å². The quantitative estimate of drug-likeness (QED) is 0.164. The highest BCUT2D eigenvalue weighted by Gasteiger charge is 2.20. The van der Waals surface area contributed by atoms with Crippen molar-refractivity contribution in [1.29, 1.82) is 0 Å². The Balaban J connectivity index is 0.992. The van der Waals surface area contributed by atoms with E-state index >= 15 is 0 Å². The largest absolute Gasteiger partial charge is 0.310 e. The molecule has 12 rings (SSSR count). The summed E-state index contributed by atoms with van der Waals surface area (Å²) < 4.78 is 2.39. The highest BCUT2D eigenvalue weighted by Crippen LogP contribution is 2.43. The van der Waals surface area contributed by atoms with Crippen LogP contribution in [-0.4, -0.2) is 4.57 Å². The van der Waals surface area contributed by atoms with Crippen LogP contribution in [0.5, 0.6) is 0 Å². The summed E-state index contributed by atoms with van der Waals surface area (Å²) in [6.07, 6.45) is 1.81. The lowest BCUT2D eigenvalue weighted by Gasteiger charge is -2.28. The fraction of sp³-hybridized carbons (Fsp3) is 0.0345. The van der Waals surface area contributed by atoms with Crippen LogP contribution >= 0.6 is 0 Å². The van der Waals surface area contributed by atoms with Crippen LogP contribution in [0.2, 0.25) is 0 Å². The normalized spacial score (nSPS) is 12.2. The van der Waals surface area contributed by atoms with Crippen LogP contribution in [0.15, 0.2) is 218 Å². The van der Waals surface area contributed by atoms with Gasteiger partial charge in [-0.2, -0.15) is 0 Å². The minimum atomic E-state index is 0.891. The molecule has 0 fully saturated rings. The van der Waals surface area contributed by atoms with E-state index in [1.807, 2.05) is 0 Å². The second-order valence-corrected chi connectivity index (χ2v) is 16.1. The summed E-state index contributed by atoms with van der Waals surface area (Å²) in [6.45, 7) is 0. The molecular weight excluding hydrogens is 725 g/mol. The fourth-order valence-corrected chi connectivity index (χ4v) is 9.79. The summed E-state index contributed by atoms with van der Waals surface area (Å²) in [5.74, 6) is 0. The number of rotatable bonds is 6. The zero-order chi connectivity index (χ0) is 39.6. The monoisotopic (exact) mass is 764 g/mol. The Bertz CT molecular complexity index is 3390. The Morgan fingerprint density at radius 3 is 1.70 bits per heavy atom. The van der Waals surface area contributed by atoms with E-state index in [0.717, 1.165) is 24.2 Å². The Labute approximate surface area is 349 Å². The van der Waals surface area contributed by atoms with Crippen molar-refractivity contribution >= 4 is 60.4 Å². The van der Waals surface area contributed by atoms with Gasteiger partial charge in [0.15, 0.2) is 0 Å². The maximum absolute atomic E-state index is 2.45. The maximum Gasteiger partial charge on any atom is 0.0547 e. The van der Waals surface area contributed by atoms with E-state index in [4.69, 9.17) is 0 Å². The van der Waals surface area contributed by atoms with Crippen molar-refractivity contribution in [3.63, 3.8) is 0 Å². The van der Waals surface area contributed by atoms with E-state index in [1.165, 1.54) is 99.2 Å². The van der Waals surface area contributed by atoms with Crippen LogP contribution in [0.1, 0.15) is 22.3 Å². The molecular formula is C58H40N2. The van der Waals surface area contributed by atoms with Crippen molar-refractivity contribution in [1.82, 2.24) is 4.57 Å². The van der Waals surface area contributed by atoms with E-state index in [-0.39, 0.29) is 0 Å². The zero-order valence-corrected chi connectivity index (χ0v) is 33.1. The van der Waals surface area contributed by atoms with Crippen LogP contribution in [0.4, 0.5) is 17.1 Å². The summed E-state index contributed by atoms with van der Waals surface area (Å²) in [5, 5.41) is 7.82. The van der Waals surface area contributed by atoms with E-state index in [2.05, 4.69) is 228 Å². The van der Waals surface area contributed by atoms with Crippen LogP contribution in [0.3, 0.4) is 0 Å². The van der Waals surface area contributed by atoms with Crippen LogP contribution in [0.25, 0.3) is 71.3 Å². The third-order valence-electron chi connectivity index (χ3n) is 12.6. The predicted molar refractivity (Wildman–Crippen MR) is 253 cm³/mol. The number of benzene rings is 10. The lowest BCUT2D eigenvalue weighted by Crippen LogP contribution is -2.11. The van der Waals surface area contributed by atoms with E-state index in [9.17, 15) is 0 Å². The average molecular weight is 765 g/mol. The number of nitrogens with zero attached hydrogens (tertiary/aromatic N) is 2. The van der Waals surface area contributed by atoms with Gasteiger partial charge in [-0.1, -0.05) is 164 Å². The molecule has 0 aliphatic heterocycles. The third kappa shape index (κ3) is 5.72. The molecule has 0 amide bonds. The molecule has 1 aliphatic rings. The molecule has 2 bridgehead atoms. The lowest BCUT2D eigenvalue weighted by molar-refractivity contribution is 1.18. The van der Waals surface area contributed by atoms with Crippen molar-refractivity contribution < 1.29 is 0 Å². The Morgan fingerprint density at radius 2 is 0.950 bits per heavy atom. The molecule has 1 aliphatic carbocycles. The van der Waals surface area contributed by atoms with Gasteiger partial charge in [-0.05, 0) is 128 Å². The molecule has 1 heterocycles. The highest BCUT2D eigenvalue weighted by molar-refractivity contribution is 6.10. The summed E-state index contributed by atoms with van der Waals surface area (Å²) >= 11 is 0. The molecule has 2 heteroatoms. The molecule has 0 saturated heterocycles. The van der Waals surface area contributed by atoms with E-state index < -0.39 is 0 Å². The highest BCUT2D eigenvalue weighted by atomic mass is 15.1. The Hall–Kier alpha value is -7.68. The summed E-state index contributed by atoms with van der Waals surface area (Å²) in [6, 6.07) is 80.6. The fourth-order valence-electron chi connectivity index (χ4n) is 9.79. The number of hydrogen-bond acceptors (Lipinski definition) is 1. The summed E-state index contributed by atoms with van der Waals surface area (Å²) in [4.78, 5) is 2.44. The SMILES string of the molecule is c1ccc(-c2ccc(N(c3ccc(-c4ccc5c6ccccc6n(-c6ccccc6)c5c4)cc3)c3ccc4c5cc(ccc35)Cc3cccc5cccc(c35)C4)cc2)cc1. The first kappa shape index (κ1) is 34.4. The van der Waals surface area contributed by atoms with Gasteiger partial charge in [0.05, 0.1) is 16.7 Å². The van der Waals surface area contributed by atoms with Gasteiger partial charge in [-0.15, -0.1) is 0 Å². The number of aromatic nitrogens is 1. The van der Waals surface area contributed by atoms with Gasteiger partial charge in [0, 0.05) is 33.2 Å². The maximum atomic E-state index is 2.45. The molecule has 0 N–H and O–H groups in total. The average Bonchev–Trinajstić information content (AvgIpc) is 3.66. The predicted octanol–water partition coefficient (Wildman–Crippen LogP) is 15.4. The Kier molecular flexibility index (Phi) is 8.02. The smallest absolute Gasteiger partial charge is 0.0547 e. The molecule has 60 heavy (non-hydrogen) atoms. The number of fused-ring (bicyclic) bond motifs is 4. The molecule has 0 atom stereocenters. The molecule has 0 saturated carbocycles. The Morgan fingerprint density at radius 1 is 0.350 bits per heavy atom. The second kappa shape index (κ2) is 14.0. The molecule has 0 unspecified atom stereocenters. The van der Waals surface area contributed by atoms with Crippen molar-refractivity contribution in [2.75, 3.05) is 4.90 Å². The van der Waals surface area contributed by atoms with Gasteiger partial charge in [0.1, 0.15) is 0 Å². The zero-order valence-electron chi connectivity index (χ0n) is 33.1. The first-order chi connectivity index (χ1) is 29.7. The van der Waals surface area contributed by atoms with E-state index in [0.29, 0.717) is 0 Å². The molecule has 2 nitrogen and oxygen atoms in total. The van der Waals surface area contributed by atoms with Crippen LogP contribution in [-0.2, 0) is 12.8 Å². The van der Waals surface area contributed by atoms with E-state index in [1.54, 1.807) is 0 Å². The first-order valence-electron chi connectivity index (χ1n) is 20.9. The third-order valence-corrected chi connectivity index (χ3v) is 12.6. The molecule has 11 aromatic rings. The molecule has 1 aromatic heterocycles. The molecule has 0 spiro atoms. The number of para-hydroxylation sites is 2. The van der Waals surface area contributed by atoms with Crippen molar-refractivity contribution in [2.24, 2.45) is 0 Å². The van der Waals surface area contributed by atoms with Gasteiger partial charge in [-0.25, -0.2) is 0 Å². The second-order valence-electron chi connectivity index (χ2n) is 16.1. The molecule has 282 valence electrons. The number of hydrogen-bond donors (Lipinski definition) is 0. The minimum Gasteiger partial charge on any atom is -0.310 e. The van der Waals surface area contributed by atoms with Crippen LogP contribution in [0, 0.1) is 0 Å².